The van der Waals surface area contributed by atoms with Gasteiger partial charge in [-0.2, -0.15) is 26.3 Å². The Balaban J connectivity index is 1.47. The third kappa shape index (κ3) is 4.97. The molecule has 6 rings (SSSR count). The lowest BCUT2D eigenvalue weighted by Gasteiger charge is -2.36. The van der Waals surface area contributed by atoms with Crippen molar-refractivity contribution in [2.75, 3.05) is 0 Å². The first-order chi connectivity index (χ1) is 20.2. The number of fused-ring (bicyclic) bond motifs is 2. The first-order valence-electron chi connectivity index (χ1n) is 14.2. The third-order valence-corrected chi connectivity index (χ3v) is 13.1. The molecule has 0 radical (unpaired) electrons. The number of allylic oxidation sites excluding steroid dienone is 2. The summed E-state index contributed by atoms with van der Waals surface area (Å²) in [5, 5.41) is 1.30. The number of alkyl halides is 6. The maximum atomic E-state index is 13.3. The standard InChI is InChI=1S/C36H30F6Si/c1-21-19-25-7-5-9-29(23-11-15-27(16-12-23)35(37,38)39)31(25)33(21)43(3,4)34-22(2)20-26-8-6-10-30(32(26)34)24-13-17-28(18-14-24)36(40,41)42/h5-19,33H,20H2,1-4H3. The van der Waals surface area contributed by atoms with Crippen molar-refractivity contribution in [2.45, 2.75) is 51.3 Å². The predicted octanol–water partition coefficient (Wildman–Crippen LogP) is 11.4. The lowest BCUT2D eigenvalue weighted by atomic mass is 9.95. The van der Waals surface area contributed by atoms with Gasteiger partial charge in [0.1, 0.15) is 0 Å². The van der Waals surface area contributed by atoms with Gasteiger partial charge < -0.3 is 0 Å². The topological polar surface area (TPSA) is 0 Å². The van der Waals surface area contributed by atoms with E-state index in [0.29, 0.717) is 0 Å². The minimum absolute atomic E-state index is 0.0672. The average molecular weight is 605 g/mol. The molecule has 2 aliphatic carbocycles. The number of hydrogen-bond donors (Lipinski definition) is 0. The van der Waals surface area contributed by atoms with Gasteiger partial charge in [-0.3, -0.25) is 0 Å². The van der Waals surface area contributed by atoms with E-state index in [1.54, 1.807) is 24.3 Å². The van der Waals surface area contributed by atoms with Crippen LogP contribution in [0.3, 0.4) is 0 Å². The molecule has 0 aliphatic heterocycles. The van der Waals surface area contributed by atoms with Gasteiger partial charge in [-0.25, -0.2) is 0 Å². The summed E-state index contributed by atoms with van der Waals surface area (Å²) in [4.78, 5) is 0. The molecule has 4 aromatic carbocycles. The van der Waals surface area contributed by atoms with Crippen molar-refractivity contribution >= 4 is 19.3 Å². The van der Waals surface area contributed by atoms with Crippen LogP contribution in [0.15, 0.2) is 96.1 Å². The molecule has 0 saturated carbocycles. The summed E-state index contributed by atoms with van der Waals surface area (Å²) in [7, 11) is -2.42. The Hall–Kier alpha value is -3.84. The fraction of sp³-hybridized carbons (Fsp3) is 0.222. The highest BCUT2D eigenvalue weighted by molar-refractivity contribution is 6.96. The first-order valence-corrected chi connectivity index (χ1v) is 17.2. The molecule has 0 saturated heterocycles. The largest absolute Gasteiger partial charge is 0.416 e. The zero-order valence-corrected chi connectivity index (χ0v) is 25.2. The zero-order valence-electron chi connectivity index (χ0n) is 24.2. The van der Waals surface area contributed by atoms with E-state index in [0.717, 1.165) is 69.6 Å². The molecule has 0 spiro atoms. The molecule has 0 amide bonds. The Labute approximate surface area is 248 Å². The second kappa shape index (κ2) is 10.1. The van der Waals surface area contributed by atoms with Crippen molar-refractivity contribution in [1.82, 2.24) is 0 Å². The SMILES string of the molecule is CC1=Cc2cccc(-c3ccc(C(F)(F)F)cc3)c2C1[Si](C)(C)C1=C(C)Cc2cccc(-c3ccc(C(F)(F)F)cc3)c21. The van der Waals surface area contributed by atoms with Gasteiger partial charge in [0, 0.05) is 5.54 Å². The van der Waals surface area contributed by atoms with Gasteiger partial charge in [0.15, 0.2) is 0 Å². The van der Waals surface area contributed by atoms with E-state index >= 15 is 0 Å². The summed E-state index contributed by atoms with van der Waals surface area (Å²) in [5.74, 6) is 0. The van der Waals surface area contributed by atoms with Crippen LogP contribution in [0.5, 0.6) is 0 Å². The zero-order chi connectivity index (χ0) is 30.9. The monoisotopic (exact) mass is 604 g/mol. The third-order valence-electron chi connectivity index (χ3n) is 8.96. The highest BCUT2D eigenvalue weighted by Crippen LogP contribution is 2.54. The van der Waals surface area contributed by atoms with E-state index in [2.05, 4.69) is 45.2 Å². The summed E-state index contributed by atoms with van der Waals surface area (Å²) < 4.78 is 79.9. The summed E-state index contributed by atoms with van der Waals surface area (Å²) >= 11 is 0. The molecule has 1 atom stereocenters. The van der Waals surface area contributed by atoms with E-state index in [1.807, 2.05) is 24.3 Å². The fourth-order valence-corrected chi connectivity index (χ4v) is 12.0. The molecular formula is C36H30F6Si. The normalized spacial score (nSPS) is 16.8. The van der Waals surface area contributed by atoms with Crippen LogP contribution in [-0.4, -0.2) is 8.07 Å². The van der Waals surface area contributed by atoms with Gasteiger partial charge in [-0.1, -0.05) is 96.2 Å². The molecule has 0 nitrogen and oxygen atoms in total. The Morgan fingerprint density at radius 1 is 0.651 bits per heavy atom. The van der Waals surface area contributed by atoms with Crippen molar-refractivity contribution in [3.8, 4) is 22.3 Å². The molecule has 2 aliphatic rings. The molecule has 0 bridgehead atoms. The maximum Gasteiger partial charge on any atom is 0.416 e. The number of benzene rings is 4. The molecule has 220 valence electrons. The van der Waals surface area contributed by atoms with Crippen molar-refractivity contribution in [3.05, 3.63) is 129 Å². The van der Waals surface area contributed by atoms with Crippen molar-refractivity contribution in [1.29, 1.82) is 0 Å². The van der Waals surface area contributed by atoms with Crippen molar-refractivity contribution in [2.24, 2.45) is 0 Å². The Bertz CT molecular complexity index is 1790. The van der Waals surface area contributed by atoms with Crippen LogP contribution in [0, 0.1) is 0 Å². The van der Waals surface area contributed by atoms with E-state index in [1.165, 1.54) is 21.9 Å². The first kappa shape index (κ1) is 29.2. The lowest BCUT2D eigenvalue weighted by molar-refractivity contribution is -0.138. The van der Waals surface area contributed by atoms with Gasteiger partial charge >= 0.3 is 12.4 Å². The predicted molar refractivity (Wildman–Crippen MR) is 164 cm³/mol. The lowest BCUT2D eigenvalue weighted by Crippen LogP contribution is -2.37. The highest BCUT2D eigenvalue weighted by atomic mass is 28.3. The number of rotatable bonds is 4. The Kier molecular flexibility index (Phi) is 6.88. The Morgan fingerprint density at radius 2 is 1.16 bits per heavy atom. The molecular weight excluding hydrogens is 574 g/mol. The smallest absolute Gasteiger partial charge is 0.166 e. The average Bonchev–Trinajstić information content (AvgIpc) is 3.48. The molecule has 4 aromatic rings. The van der Waals surface area contributed by atoms with Crippen molar-refractivity contribution in [3.63, 3.8) is 0 Å². The van der Waals surface area contributed by atoms with Gasteiger partial charge in [-0.15, -0.1) is 0 Å². The van der Waals surface area contributed by atoms with Crippen LogP contribution in [0.1, 0.15) is 52.8 Å². The van der Waals surface area contributed by atoms with Gasteiger partial charge in [0.2, 0.25) is 0 Å². The number of hydrogen-bond acceptors (Lipinski definition) is 0. The minimum Gasteiger partial charge on any atom is -0.166 e. The maximum absolute atomic E-state index is 13.3. The van der Waals surface area contributed by atoms with Crippen LogP contribution in [-0.2, 0) is 18.8 Å². The van der Waals surface area contributed by atoms with E-state index in [4.69, 9.17) is 0 Å². The number of halogens is 6. The van der Waals surface area contributed by atoms with Crippen molar-refractivity contribution < 1.29 is 26.3 Å². The molecule has 0 N–H and O–H groups in total. The van der Waals surface area contributed by atoms with Crippen LogP contribution < -0.4 is 0 Å². The second-order valence-corrected chi connectivity index (χ2v) is 16.7. The molecule has 0 aromatic heterocycles. The minimum atomic E-state index is -4.41. The van der Waals surface area contributed by atoms with Crippen LogP contribution in [0.25, 0.3) is 33.5 Å². The van der Waals surface area contributed by atoms with Gasteiger partial charge in [0.05, 0.1) is 19.2 Å². The van der Waals surface area contributed by atoms with Crippen LogP contribution in [0.4, 0.5) is 26.3 Å². The van der Waals surface area contributed by atoms with E-state index < -0.39 is 31.6 Å². The van der Waals surface area contributed by atoms with E-state index in [9.17, 15) is 26.3 Å². The Morgan fingerprint density at radius 3 is 1.72 bits per heavy atom. The van der Waals surface area contributed by atoms with Gasteiger partial charge in [0.25, 0.3) is 0 Å². The quantitative estimate of drug-likeness (QED) is 0.161. The molecule has 0 heterocycles. The summed E-state index contributed by atoms with van der Waals surface area (Å²) in [5.41, 5.74) is 9.02. The molecule has 43 heavy (non-hydrogen) atoms. The van der Waals surface area contributed by atoms with Crippen LogP contribution >= 0.6 is 0 Å². The highest BCUT2D eigenvalue weighted by Gasteiger charge is 2.45. The summed E-state index contributed by atoms with van der Waals surface area (Å²) in [6, 6.07) is 22.8. The molecule has 0 fully saturated rings. The molecule has 7 heteroatoms. The van der Waals surface area contributed by atoms with E-state index in [-0.39, 0.29) is 5.54 Å². The fourth-order valence-electron chi connectivity index (χ4n) is 7.33. The summed E-state index contributed by atoms with van der Waals surface area (Å²) in [6.45, 7) is 8.96. The van der Waals surface area contributed by atoms with Gasteiger partial charge in [-0.05, 0) is 89.0 Å². The molecule has 1 unspecified atom stereocenters. The second-order valence-electron chi connectivity index (χ2n) is 12.2. The summed E-state index contributed by atoms with van der Waals surface area (Å²) in [6.07, 6.45) is -5.84. The van der Waals surface area contributed by atoms with Crippen LogP contribution in [0.2, 0.25) is 13.1 Å².